The summed E-state index contributed by atoms with van der Waals surface area (Å²) in [5.41, 5.74) is 7.11. The molecule has 6 heteroatoms. The average molecular weight is 277 g/mol. The summed E-state index contributed by atoms with van der Waals surface area (Å²) in [5, 5.41) is 0. The molecule has 0 aliphatic heterocycles. The van der Waals surface area contributed by atoms with Crippen LogP contribution >= 0.6 is 0 Å². The fourth-order valence-electron chi connectivity index (χ4n) is 2.09. The van der Waals surface area contributed by atoms with Crippen molar-refractivity contribution in [3.8, 4) is 0 Å². The number of fused-ring (bicyclic) bond motifs is 1. The molecular weight excluding hydrogens is 258 g/mol. The quantitative estimate of drug-likeness (QED) is 0.798. The molecule has 0 saturated carbocycles. The first kappa shape index (κ1) is 14.2. The number of imidazole rings is 1. The maximum absolute atomic E-state index is 11.2. The van der Waals surface area contributed by atoms with Crippen molar-refractivity contribution in [1.29, 1.82) is 0 Å². The van der Waals surface area contributed by atoms with E-state index in [4.69, 9.17) is 10.5 Å². The molecule has 1 aromatic carbocycles. The van der Waals surface area contributed by atoms with E-state index in [1.54, 1.807) is 0 Å². The zero-order valence-corrected chi connectivity index (χ0v) is 11.8. The molecule has 0 aliphatic carbocycles. The summed E-state index contributed by atoms with van der Waals surface area (Å²) in [6.07, 6.45) is -0.570. The van der Waals surface area contributed by atoms with E-state index in [0.29, 0.717) is 6.42 Å². The Labute approximate surface area is 116 Å². The van der Waals surface area contributed by atoms with Gasteiger partial charge in [0.2, 0.25) is 0 Å². The fourth-order valence-corrected chi connectivity index (χ4v) is 2.09. The Morgan fingerprint density at radius 3 is 2.55 bits per heavy atom. The van der Waals surface area contributed by atoms with Crippen molar-refractivity contribution in [2.24, 2.45) is 11.1 Å². The topological polar surface area (TPSA) is 101 Å². The molecule has 0 aliphatic rings. The molecule has 0 saturated heterocycles. The zero-order chi connectivity index (χ0) is 14.9. The molecule has 1 heterocycles. The van der Waals surface area contributed by atoms with E-state index >= 15 is 0 Å². The van der Waals surface area contributed by atoms with Crippen LogP contribution in [0.25, 0.3) is 11.0 Å². The van der Waals surface area contributed by atoms with Crippen LogP contribution in [0.2, 0.25) is 0 Å². The minimum Gasteiger partial charge on any atom is -0.445 e. The van der Waals surface area contributed by atoms with Crippen molar-refractivity contribution in [3.05, 3.63) is 34.2 Å². The summed E-state index contributed by atoms with van der Waals surface area (Å²) in [7, 11) is 0. The van der Waals surface area contributed by atoms with E-state index in [0.717, 1.165) is 16.6 Å². The predicted octanol–water partition coefficient (Wildman–Crippen LogP) is 1.91. The van der Waals surface area contributed by atoms with Gasteiger partial charge in [0.1, 0.15) is 6.10 Å². The van der Waals surface area contributed by atoms with Gasteiger partial charge in [-0.2, -0.15) is 0 Å². The van der Waals surface area contributed by atoms with E-state index in [-0.39, 0.29) is 17.2 Å². The number of hydrogen-bond acceptors (Lipinski definition) is 3. The maximum Gasteiger partial charge on any atom is 0.404 e. The van der Waals surface area contributed by atoms with Gasteiger partial charge < -0.3 is 20.4 Å². The van der Waals surface area contributed by atoms with Crippen LogP contribution in [0, 0.1) is 5.41 Å². The van der Waals surface area contributed by atoms with Gasteiger partial charge in [-0.05, 0) is 23.1 Å². The molecule has 4 N–H and O–H groups in total. The first-order chi connectivity index (χ1) is 9.25. The Bertz CT molecular complexity index is 679. The number of nitrogens with one attached hydrogen (secondary N) is 2. The third-order valence-electron chi connectivity index (χ3n) is 3.23. The Morgan fingerprint density at radius 1 is 1.30 bits per heavy atom. The Balaban J connectivity index is 2.27. The number of benzene rings is 1. The average Bonchev–Trinajstić information content (AvgIpc) is 2.65. The van der Waals surface area contributed by atoms with Crippen LogP contribution in [0.1, 0.15) is 26.3 Å². The Kier molecular flexibility index (Phi) is 3.57. The number of carbonyl (C=O) groups excluding carboxylic acids is 1. The van der Waals surface area contributed by atoms with Crippen LogP contribution in [0.15, 0.2) is 23.0 Å². The van der Waals surface area contributed by atoms with Gasteiger partial charge in [0.25, 0.3) is 0 Å². The van der Waals surface area contributed by atoms with Crippen LogP contribution in [0.3, 0.4) is 0 Å². The van der Waals surface area contributed by atoms with E-state index in [1.807, 2.05) is 39.0 Å². The third-order valence-corrected chi connectivity index (χ3v) is 3.23. The van der Waals surface area contributed by atoms with E-state index in [9.17, 15) is 9.59 Å². The third kappa shape index (κ3) is 3.20. The second-order valence-electron chi connectivity index (χ2n) is 5.95. The van der Waals surface area contributed by atoms with Crippen LogP contribution in [-0.2, 0) is 11.2 Å². The lowest BCUT2D eigenvalue weighted by molar-refractivity contribution is 0.0374. The monoisotopic (exact) mass is 277 g/mol. The molecule has 1 amide bonds. The van der Waals surface area contributed by atoms with Crippen molar-refractivity contribution < 1.29 is 9.53 Å². The standard InChI is InChI=1S/C14H19N3O3/c1-14(2,3)11(20-12(15)18)7-8-4-5-9-10(6-8)17-13(19)16-9/h4-6,11H,7H2,1-3H3,(H2,15,18)(H2,16,17,19). The molecular formula is C14H19N3O3. The maximum atomic E-state index is 11.2. The second-order valence-corrected chi connectivity index (χ2v) is 5.95. The van der Waals surface area contributed by atoms with Crippen molar-refractivity contribution in [1.82, 2.24) is 9.97 Å². The van der Waals surface area contributed by atoms with Crippen LogP contribution < -0.4 is 11.4 Å². The lowest BCUT2D eigenvalue weighted by atomic mass is 9.85. The van der Waals surface area contributed by atoms with Gasteiger partial charge in [-0.25, -0.2) is 9.59 Å². The molecule has 2 aromatic rings. The summed E-state index contributed by atoms with van der Waals surface area (Å²) >= 11 is 0. The molecule has 1 aromatic heterocycles. The summed E-state index contributed by atoms with van der Waals surface area (Å²) in [5.74, 6) is 0. The fraction of sp³-hybridized carbons (Fsp3) is 0.429. The molecule has 0 radical (unpaired) electrons. The summed E-state index contributed by atoms with van der Waals surface area (Å²) in [6, 6.07) is 5.60. The molecule has 0 bridgehead atoms. The smallest absolute Gasteiger partial charge is 0.404 e. The largest absolute Gasteiger partial charge is 0.445 e. The van der Waals surface area contributed by atoms with Crippen molar-refractivity contribution in [2.45, 2.75) is 33.3 Å². The Hall–Kier alpha value is -2.24. The van der Waals surface area contributed by atoms with E-state index in [1.165, 1.54) is 0 Å². The Morgan fingerprint density at radius 2 is 1.95 bits per heavy atom. The van der Waals surface area contributed by atoms with Gasteiger partial charge in [0.05, 0.1) is 11.0 Å². The van der Waals surface area contributed by atoms with Gasteiger partial charge in [-0.1, -0.05) is 26.8 Å². The van der Waals surface area contributed by atoms with Crippen LogP contribution in [0.5, 0.6) is 0 Å². The van der Waals surface area contributed by atoms with Crippen molar-refractivity contribution in [3.63, 3.8) is 0 Å². The molecule has 0 spiro atoms. The summed E-state index contributed by atoms with van der Waals surface area (Å²) in [6.45, 7) is 5.95. The number of H-pyrrole nitrogens is 2. The normalized spacial score (nSPS) is 13.3. The molecule has 20 heavy (non-hydrogen) atoms. The van der Waals surface area contributed by atoms with Crippen LogP contribution in [-0.4, -0.2) is 22.2 Å². The number of hydrogen-bond donors (Lipinski definition) is 3. The number of primary amides is 1. The van der Waals surface area contributed by atoms with E-state index in [2.05, 4.69) is 9.97 Å². The lowest BCUT2D eigenvalue weighted by Gasteiger charge is -2.29. The highest BCUT2D eigenvalue weighted by Crippen LogP contribution is 2.26. The van der Waals surface area contributed by atoms with Gasteiger partial charge >= 0.3 is 11.8 Å². The predicted molar refractivity (Wildman–Crippen MR) is 76.5 cm³/mol. The number of carbonyl (C=O) groups is 1. The highest BCUT2D eigenvalue weighted by atomic mass is 16.6. The first-order valence-corrected chi connectivity index (χ1v) is 6.43. The summed E-state index contributed by atoms with van der Waals surface area (Å²) < 4.78 is 5.20. The van der Waals surface area contributed by atoms with Crippen LogP contribution in [0.4, 0.5) is 4.79 Å². The lowest BCUT2D eigenvalue weighted by Crippen LogP contribution is -2.35. The minimum absolute atomic E-state index is 0.227. The number of aromatic amines is 2. The minimum atomic E-state index is -0.777. The second kappa shape index (κ2) is 5.03. The zero-order valence-electron chi connectivity index (χ0n) is 11.8. The van der Waals surface area contributed by atoms with Crippen molar-refractivity contribution >= 4 is 17.1 Å². The first-order valence-electron chi connectivity index (χ1n) is 6.43. The molecule has 1 unspecified atom stereocenters. The number of rotatable bonds is 3. The molecule has 1 atom stereocenters. The number of ether oxygens (including phenoxy) is 1. The number of amides is 1. The van der Waals surface area contributed by atoms with E-state index < -0.39 is 6.09 Å². The SMILES string of the molecule is CC(C)(C)C(Cc1ccc2[nH]c(=O)[nH]c2c1)OC(N)=O. The highest BCUT2D eigenvalue weighted by molar-refractivity contribution is 5.75. The molecule has 0 fully saturated rings. The van der Waals surface area contributed by atoms with Gasteiger partial charge in [0, 0.05) is 6.42 Å². The molecule has 6 nitrogen and oxygen atoms in total. The van der Waals surface area contributed by atoms with Gasteiger partial charge in [0.15, 0.2) is 0 Å². The highest BCUT2D eigenvalue weighted by Gasteiger charge is 2.28. The number of nitrogens with two attached hydrogens (primary N) is 1. The molecule has 2 rings (SSSR count). The summed E-state index contributed by atoms with van der Waals surface area (Å²) in [4.78, 5) is 27.6. The number of aromatic nitrogens is 2. The van der Waals surface area contributed by atoms with Gasteiger partial charge in [-0.15, -0.1) is 0 Å². The molecule has 108 valence electrons. The van der Waals surface area contributed by atoms with Crippen molar-refractivity contribution in [2.75, 3.05) is 0 Å². The van der Waals surface area contributed by atoms with Gasteiger partial charge in [-0.3, -0.25) is 0 Å².